The number of benzene rings is 2. The lowest BCUT2D eigenvalue weighted by molar-refractivity contribution is 0.0742. The van der Waals surface area contributed by atoms with Gasteiger partial charge in [0.15, 0.2) is 0 Å². The molecule has 0 heterocycles. The van der Waals surface area contributed by atoms with Gasteiger partial charge in [-0.25, -0.2) is 8.78 Å². The molecule has 0 aromatic heterocycles. The summed E-state index contributed by atoms with van der Waals surface area (Å²) in [5.41, 5.74) is 6.41. The molecule has 2 aromatic rings. The first-order valence-corrected chi connectivity index (χ1v) is 6.48. The smallest absolute Gasteiger partial charge is 0.254 e. The predicted octanol–water partition coefficient (Wildman–Crippen LogP) is 3.38. The van der Waals surface area contributed by atoms with Gasteiger partial charge in [0.1, 0.15) is 11.6 Å². The van der Waals surface area contributed by atoms with Gasteiger partial charge in [0.2, 0.25) is 0 Å². The number of carbonyl (C=O) groups is 1. The van der Waals surface area contributed by atoms with Gasteiger partial charge in [0.05, 0.1) is 11.7 Å². The molecule has 21 heavy (non-hydrogen) atoms. The van der Waals surface area contributed by atoms with Crippen LogP contribution in [0.5, 0.6) is 0 Å². The third-order valence-corrected chi connectivity index (χ3v) is 3.50. The summed E-state index contributed by atoms with van der Waals surface area (Å²) in [6.45, 7) is 1.82. The van der Waals surface area contributed by atoms with Crippen LogP contribution in [-0.2, 0) is 0 Å². The molecule has 5 heteroatoms. The Kier molecular flexibility index (Phi) is 4.21. The van der Waals surface area contributed by atoms with Crippen LogP contribution in [0, 0.1) is 11.6 Å². The molecule has 2 N–H and O–H groups in total. The summed E-state index contributed by atoms with van der Waals surface area (Å²) in [7, 11) is 1.62. The minimum Gasteiger partial charge on any atom is -0.396 e. The fourth-order valence-corrected chi connectivity index (χ4v) is 2.00. The first-order valence-electron chi connectivity index (χ1n) is 6.48. The molecule has 0 saturated carbocycles. The van der Waals surface area contributed by atoms with E-state index in [0.29, 0.717) is 0 Å². The van der Waals surface area contributed by atoms with Gasteiger partial charge in [-0.15, -0.1) is 0 Å². The number of hydrogen-bond donors (Lipinski definition) is 1. The van der Waals surface area contributed by atoms with Gasteiger partial charge in [-0.1, -0.05) is 12.1 Å². The number of nitrogens with zero attached hydrogens (tertiary/aromatic N) is 1. The molecular weight excluding hydrogens is 274 g/mol. The second-order valence-corrected chi connectivity index (χ2v) is 4.88. The van der Waals surface area contributed by atoms with Crippen molar-refractivity contribution >= 4 is 11.6 Å². The Bertz CT molecular complexity index is 656. The quantitative estimate of drug-likeness (QED) is 0.881. The third kappa shape index (κ3) is 3.18. The van der Waals surface area contributed by atoms with Crippen molar-refractivity contribution in [2.24, 2.45) is 0 Å². The lowest BCUT2D eigenvalue weighted by Crippen LogP contribution is -2.29. The van der Waals surface area contributed by atoms with Crippen molar-refractivity contribution in [3.05, 3.63) is 65.2 Å². The minimum atomic E-state index is -0.622. The van der Waals surface area contributed by atoms with Gasteiger partial charge in [-0.2, -0.15) is 0 Å². The number of halogens is 2. The maximum absolute atomic E-state index is 13.4. The Balaban J connectivity index is 2.21. The summed E-state index contributed by atoms with van der Waals surface area (Å²) in [4.78, 5) is 13.8. The predicted molar refractivity (Wildman–Crippen MR) is 77.7 cm³/mol. The number of nitrogens with two attached hydrogens (primary N) is 1. The van der Waals surface area contributed by atoms with E-state index < -0.39 is 5.82 Å². The van der Waals surface area contributed by atoms with Gasteiger partial charge >= 0.3 is 0 Å². The Labute approximate surface area is 122 Å². The van der Waals surface area contributed by atoms with E-state index in [2.05, 4.69) is 0 Å². The summed E-state index contributed by atoms with van der Waals surface area (Å²) < 4.78 is 26.4. The molecule has 0 bridgehead atoms. The van der Waals surface area contributed by atoms with Crippen molar-refractivity contribution in [3.8, 4) is 0 Å². The molecule has 0 aliphatic carbocycles. The fourth-order valence-electron chi connectivity index (χ4n) is 2.00. The molecule has 2 aromatic carbocycles. The van der Waals surface area contributed by atoms with E-state index in [1.165, 1.54) is 29.2 Å². The van der Waals surface area contributed by atoms with Gasteiger partial charge in [0, 0.05) is 12.6 Å². The van der Waals surface area contributed by atoms with E-state index in [0.717, 1.165) is 11.6 Å². The van der Waals surface area contributed by atoms with E-state index in [-0.39, 0.29) is 29.0 Å². The SMILES string of the molecule is CC(c1ccc(F)cc1)N(C)C(=O)c1ccc(N)c(F)c1. The fraction of sp³-hybridized carbons (Fsp3) is 0.188. The first-order chi connectivity index (χ1) is 9.90. The highest BCUT2D eigenvalue weighted by Gasteiger charge is 2.19. The standard InChI is InChI=1S/C16H16F2N2O/c1-10(11-3-6-13(17)7-4-11)20(2)16(21)12-5-8-15(19)14(18)9-12/h3-10H,19H2,1-2H3. The minimum absolute atomic E-state index is 0.000728. The Morgan fingerprint density at radius 2 is 1.76 bits per heavy atom. The van der Waals surface area contributed by atoms with Crippen molar-refractivity contribution < 1.29 is 13.6 Å². The lowest BCUT2D eigenvalue weighted by atomic mass is 10.1. The second-order valence-electron chi connectivity index (χ2n) is 4.88. The molecule has 1 unspecified atom stereocenters. The molecule has 1 atom stereocenters. The van der Waals surface area contributed by atoms with E-state index in [1.54, 1.807) is 19.2 Å². The van der Waals surface area contributed by atoms with E-state index >= 15 is 0 Å². The van der Waals surface area contributed by atoms with Crippen LogP contribution >= 0.6 is 0 Å². The molecule has 3 nitrogen and oxygen atoms in total. The van der Waals surface area contributed by atoms with Crippen molar-refractivity contribution in [2.45, 2.75) is 13.0 Å². The molecule has 110 valence electrons. The van der Waals surface area contributed by atoms with Gasteiger partial charge in [-0.05, 0) is 42.8 Å². The van der Waals surface area contributed by atoms with Crippen LogP contribution in [0.4, 0.5) is 14.5 Å². The summed E-state index contributed by atoms with van der Waals surface area (Å²) >= 11 is 0. The number of hydrogen-bond acceptors (Lipinski definition) is 2. The highest BCUT2D eigenvalue weighted by molar-refractivity contribution is 5.94. The lowest BCUT2D eigenvalue weighted by Gasteiger charge is -2.25. The van der Waals surface area contributed by atoms with Gasteiger partial charge in [-0.3, -0.25) is 4.79 Å². The average Bonchev–Trinajstić information content (AvgIpc) is 2.48. The van der Waals surface area contributed by atoms with Gasteiger partial charge in [0.25, 0.3) is 5.91 Å². The molecular formula is C16H16F2N2O. The van der Waals surface area contributed by atoms with Crippen LogP contribution in [0.2, 0.25) is 0 Å². The van der Waals surface area contributed by atoms with Crippen molar-refractivity contribution in [1.29, 1.82) is 0 Å². The van der Waals surface area contributed by atoms with E-state index in [4.69, 9.17) is 5.73 Å². The highest BCUT2D eigenvalue weighted by atomic mass is 19.1. The first kappa shape index (κ1) is 15.0. The van der Waals surface area contributed by atoms with Crippen LogP contribution < -0.4 is 5.73 Å². The summed E-state index contributed by atoms with van der Waals surface area (Å²) in [5.74, 6) is -1.28. The van der Waals surface area contributed by atoms with Crippen LogP contribution in [0.15, 0.2) is 42.5 Å². The number of rotatable bonds is 3. The zero-order valence-electron chi connectivity index (χ0n) is 11.8. The summed E-state index contributed by atoms with van der Waals surface area (Å²) in [6.07, 6.45) is 0. The largest absolute Gasteiger partial charge is 0.396 e. The summed E-state index contributed by atoms with van der Waals surface area (Å²) in [5, 5.41) is 0. The highest BCUT2D eigenvalue weighted by Crippen LogP contribution is 2.22. The normalized spacial score (nSPS) is 12.0. The average molecular weight is 290 g/mol. The molecule has 2 rings (SSSR count). The van der Waals surface area contributed by atoms with Crippen LogP contribution in [0.1, 0.15) is 28.9 Å². The van der Waals surface area contributed by atoms with E-state index in [1.807, 2.05) is 6.92 Å². The monoisotopic (exact) mass is 290 g/mol. The molecule has 0 fully saturated rings. The van der Waals surface area contributed by atoms with Crippen LogP contribution in [0.3, 0.4) is 0 Å². The zero-order chi connectivity index (χ0) is 15.6. The number of nitrogen functional groups attached to an aromatic ring is 1. The maximum atomic E-state index is 13.4. The molecule has 0 aliphatic heterocycles. The Hall–Kier alpha value is -2.43. The second kappa shape index (κ2) is 5.91. The molecule has 0 spiro atoms. The zero-order valence-corrected chi connectivity index (χ0v) is 11.8. The Morgan fingerprint density at radius 3 is 2.33 bits per heavy atom. The molecule has 1 amide bonds. The van der Waals surface area contributed by atoms with Gasteiger partial charge < -0.3 is 10.6 Å². The van der Waals surface area contributed by atoms with Crippen LogP contribution in [0.25, 0.3) is 0 Å². The number of amides is 1. The molecule has 0 saturated heterocycles. The number of carbonyl (C=O) groups excluding carboxylic acids is 1. The van der Waals surface area contributed by atoms with Crippen LogP contribution in [-0.4, -0.2) is 17.9 Å². The summed E-state index contributed by atoms with van der Waals surface area (Å²) in [6, 6.07) is 9.61. The molecule has 0 aliphatic rings. The Morgan fingerprint density at radius 1 is 1.14 bits per heavy atom. The van der Waals surface area contributed by atoms with Crippen molar-refractivity contribution in [2.75, 3.05) is 12.8 Å². The topological polar surface area (TPSA) is 46.3 Å². The number of anilines is 1. The maximum Gasteiger partial charge on any atom is 0.254 e. The van der Waals surface area contributed by atoms with Crippen molar-refractivity contribution in [3.63, 3.8) is 0 Å². The third-order valence-electron chi connectivity index (χ3n) is 3.50. The van der Waals surface area contributed by atoms with Crippen molar-refractivity contribution in [1.82, 2.24) is 4.90 Å². The van der Waals surface area contributed by atoms with E-state index in [9.17, 15) is 13.6 Å². The molecule has 0 radical (unpaired) electrons.